The first kappa shape index (κ1) is 11.0. The molecule has 0 radical (unpaired) electrons. The number of thioether (sulfide) groups is 1. The standard InChI is InChI=1S/C8H17NOS/c1-4-8(10)7(6-11-3)9-5-2/h7,9H,4-6H2,1-3H3. The molecule has 0 fully saturated rings. The number of carbonyl (C=O) groups excluding carboxylic acids is 1. The van der Waals surface area contributed by atoms with Gasteiger partial charge in [0.15, 0.2) is 0 Å². The molecule has 0 amide bonds. The third kappa shape index (κ3) is 4.43. The highest BCUT2D eigenvalue weighted by Gasteiger charge is 2.13. The molecule has 0 aromatic rings. The van der Waals surface area contributed by atoms with Crippen molar-refractivity contribution < 1.29 is 4.79 Å². The molecule has 0 heterocycles. The van der Waals surface area contributed by atoms with Crippen LogP contribution in [0.15, 0.2) is 0 Å². The van der Waals surface area contributed by atoms with Gasteiger partial charge in [0.25, 0.3) is 0 Å². The number of hydrogen-bond acceptors (Lipinski definition) is 3. The van der Waals surface area contributed by atoms with Crippen LogP contribution in [0.5, 0.6) is 0 Å². The van der Waals surface area contributed by atoms with E-state index in [2.05, 4.69) is 5.32 Å². The Morgan fingerprint density at radius 2 is 2.18 bits per heavy atom. The van der Waals surface area contributed by atoms with Gasteiger partial charge in [-0.05, 0) is 12.8 Å². The maximum atomic E-state index is 11.2. The maximum Gasteiger partial charge on any atom is 0.150 e. The van der Waals surface area contributed by atoms with Crippen molar-refractivity contribution in [2.45, 2.75) is 26.3 Å². The van der Waals surface area contributed by atoms with Crippen LogP contribution in [-0.4, -0.2) is 30.4 Å². The van der Waals surface area contributed by atoms with Gasteiger partial charge in [-0.1, -0.05) is 13.8 Å². The second-order valence-electron chi connectivity index (χ2n) is 2.39. The average Bonchev–Trinajstić information content (AvgIpc) is 2.03. The molecular weight excluding hydrogens is 158 g/mol. The van der Waals surface area contributed by atoms with E-state index in [0.717, 1.165) is 12.3 Å². The van der Waals surface area contributed by atoms with Crippen LogP contribution in [0, 0.1) is 0 Å². The van der Waals surface area contributed by atoms with Crippen LogP contribution in [0.25, 0.3) is 0 Å². The summed E-state index contributed by atoms with van der Waals surface area (Å²) in [5.74, 6) is 1.21. The van der Waals surface area contributed by atoms with E-state index in [-0.39, 0.29) is 6.04 Å². The summed E-state index contributed by atoms with van der Waals surface area (Å²) in [5, 5.41) is 3.16. The molecule has 0 bridgehead atoms. The summed E-state index contributed by atoms with van der Waals surface area (Å²) in [6.45, 7) is 4.81. The Balaban J connectivity index is 3.76. The fraction of sp³-hybridized carbons (Fsp3) is 0.875. The Hall–Kier alpha value is -0.0200. The summed E-state index contributed by atoms with van der Waals surface area (Å²) < 4.78 is 0. The molecule has 0 aromatic carbocycles. The number of Topliss-reactive ketones (excluding diaryl/α,β-unsaturated/α-hetero) is 1. The molecule has 0 saturated heterocycles. The maximum absolute atomic E-state index is 11.2. The third-order valence-corrected chi connectivity index (χ3v) is 2.19. The fourth-order valence-corrected chi connectivity index (χ4v) is 1.56. The van der Waals surface area contributed by atoms with Gasteiger partial charge in [-0.2, -0.15) is 11.8 Å². The van der Waals surface area contributed by atoms with E-state index in [4.69, 9.17) is 0 Å². The Morgan fingerprint density at radius 3 is 2.55 bits per heavy atom. The molecule has 0 aliphatic rings. The molecule has 0 saturated carbocycles. The molecule has 2 nitrogen and oxygen atoms in total. The third-order valence-electron chi connectivity index (χ3n) is 1.52. The lowest BCUT2D eigenvalue weighted by Crippen LogP contribution is -2.38. The number of hydrogen-bond donors (Lipinski definition) is 1. The van der Waals surface area contributed by atoms with Crippen LogP contribution in [0.3, 0.4) is 0 Å². The number of rotatable bonds is 6. The SMILES string of the molecule is CCNC(CSC)C(=O)CC. The lowest BCUT2D eigenvalue weighted by molar-refractivity contribution is -0.120. The molecule has 1 atom stereocenters. The van der Waals surface area contributed by atoms with Crippen molar-refractivity contribution >= 4 is 17.5 Å². The molecule has 0 rings (SSSR count). The highest BCUT2D eigenvalue weighted by atomic mass is 32.2. The lowest BCUT2D eigenvalue weighted by Gasteiger charge is -2.13. The lowest BCUT2D eigenvalue weighted by atomic mass is 10.2. The van der Waals surface area contributed by atoms with Gasteiger partial charge in [-0.25, -0.2) is 0 Å². The molecule has 66 valence electrons. The van der Waals surface area contributed by atoms with Crippen LogP contribution in [0.4, 0.5) is 0 Å². The largest absolute Gasteiger partial charge is 0.307 e. The highest BCUT2D eigenvalue weighted by molar-refractivity contribution is 7.98. The minimum atomic E-state index is 0.0694. The molecular formula is C8H17NOS. The highest BCUT2D eigenvalue weighted by Crippen LogP contribution is 2.00. The minimum Gasteiger partial charge on any atom is -0.307 e. The summed E-state index contributed by atoms with van der Waals surface area (Å²) >= 11 is 1.71. The first-order valence-corrected chi connectivity index (χ1v) is 5.40. The quantitative estimate of drug-likeness (QED) is 0.660. The van der Waals surface area contributed by atoms with Crippen molar-refractivity contribution in [1.29, 1.82) is 0 Å². The van der Waals surface area contributed by atoms with Crippen molar-refractivity contribution in [3.05, 3.63) is 0 Å². The molecule has 3 heteroatoms. The van der Waals surface area contributed by atoms with Gasteiger partial charge < -0.3 is 5.32 Å². The van der Waals surface area contributed by atoms with Gasteiger partial charge >= 0.3 is 0 Å². The average molecular weight is 175 g/mol. The summed E-state index contributed by atoms with van der Waals surface area (Å²) in [6.07, 6.45) is 2.66. The normalized spacial score (nSPS) is 13.0. The Kier molecular flexibility index (Phi) is 6.66. The van der Waals surface area contributed by atoms with Crippen LogP contribution in [-0.2, 0) is 4.79 Å². The van der Waals surface area contributed by atoms with Crippen molar-refractivity contribution in [3.63, 3.8) is 0 Å². The van der Waals surface area contributed by atoms with Crippen LogP contribution < -0.4 is 5.32 Å². The Bertz CT molecular complexity index is 111. The summed E-state index contributed by atoms with van der Waals surface area (Å²) in [7, 11) is 0. The number of likely N-dealkylation sites (N-methyl/N-ethyl adjacent to an activating group) is 1. The van der Waals surface area contributed by atoms with Gasteiger partial charge in [-0.15, -0.1) is 0 Å². The smallest absolute Gasteiger partial charge is 0.150 e. The van der Waals surface area contributed by atoms with Crippen molar-refractivity contribution in [2.75, 3.05) is 18.6 Å². The first-order valence-electron chi connectivity index (χ1n) is 4.01. The predicted molar refractivity (Wildman–Crippen MR) is 51.1 cm³/mol. The number of ketones is 1. The zero-order chi connectivity index (χ0) is 8.69. The van der Waals surface area contributed by atoms with Crippen LogP contribution >= 0.6 is 11.8 Å². The van der Waals surface area contributed by atoms with Gasteiger partial charge in [0.1, 0.15) is 5.78 Å². The van der Waals surface area contributed by atoms with Gasteiger partial charge in [0, 0.05) is 12.2 Å². The van der Waals surface area contributed by atoms with E-state index in [0.29, 0.717) is 12.2 Å². The van der Waals surface area contributed by atoms with Crippen molar-refractivity contribution in [3.8, 4) is 0 Å². The molecule has 11 heavy (non-hydrogen) atoms. The van der Waals surface area contributed by atoms with Gasteiger partial charge in [0.2, 0.25) is 0 Å². The molecule has 1 N–H and O–H groups in total. The fourth-order valence-electron chi connectivity index (χ4n) is 0.925. The minimum absolute atomic E-state index is 0.0694. The second kappa shape index (κ2) is 6.68. The van der Waals surface area contributed by atoms with Gasteiger partial charge in [-0.3, -0.25) is 4.79 Å². The van der Waals surface area contributed by atoms with E-state index in [1.807, 2.05) is 20.1 Å². The zero-order valence-corrected chi connectivity index (χ0v) is 8.33. The van der Waals surface area contributed by atoms with Gasteiger partial charge in [0.05, 0.1) is 6.04 Å². The van der Waals surface area contributed by atoms with E-state index in [9.17, 15) is 4.79 Å². The van der Waals surface area contributed by atoms with Crippen LogP contribution in [0.1, 0.15) is 20.3 Å². The predicted octanol–water partition coefficient (Wildman–Crippen LogP) is 1.31. The second-order valence-corrected chi connectivity index (χ2v) is 3.30. The molecule has 0 aliphatic carbocycles. The molecule has 0 aliphatic heterocycles. The Labute approximate surface area is 73.1 Å². The topological polar surface area (TPSA) is 29.1 Å². The van der Waals surface area contributed by atoms with E-state index >= 15 is 0 Å². The molecule has 0 spiro atoms. The number of nitrogens with one attached hydrogen (secondary N) is 1. The van der Waals surface area contributed by atoms with E-state index in [1.165, 1.54) is 0 Å². The van der Waals surface area contributed by atoms with Crippen molar-refractivity contribution in [2.24, 2.45) is 0 Å². The van der Waals surface area contributed by atoms with Crippen LogP contribution in [0.2, 0.25) is 0 Å². The molecule has 1 unspecified atom stereocenters. The molecule has 0 aromatic heterocycles. The monoisotopic (exact) mass is 175 g/mol. The summed E-state index contributed by atoms with van der Waals surface area (Å²) in [6, 6.07) is 0.0694. The summed E-state index contributed by atoms with van der Waals surface area (Å²) in [4.78, 5) is 11.2. The van der Waals surface area contributed by atoms with E-state index < -0.39 is 0 Å². The van der Waals surface area contributed by atoms with Crippen molar-refractivity contribution in [1.82, 2.24) is 5.32 Å². The number of carbonyl (C=O) groups is 1. The van der Waals surface area contributed by atoms with E-state index in [1.54, 1.807) is 11.8 Å². The summed E-state index contributed by atoms with van der Waals surface area (Å²) in [5.41, 5.74) is 0. The Morgan fingerprint density at radius 1 is 1.55 bits per heavy atom. The first-order chi connectivity index (χ1) is 5.26. The zero-order valence-electron chi connectivity index (χ0n) is 7.52.